The Balaban J connectivity index is 1.94. The number of benzene rings is 2. The molecule has 0 aliphatic carbocycles. The van der Waals surface area contributed by atoms with E-state index in [1.807, 2.05) is 24.3 Å². The quantitative estimate of drug-likeness (QED) is 0.682. The van der Waals surface area contributed by atoms with E-state index in [2.05, 4.69) is 20.6 Å². The fraction of sp³-hybridized carbons (Fsp3) is 0. The van der Waals surface area contributed by atoms with Gasteiger partial charge in [-0.1, -0.05) is 24.3 Å². The molecule has 0 fully saturated rings. The van der Waals surface area contributed by atoms with E-state index < -0.39 is 0 Å². The van der Waals surface area contributed by atoms with Gasteiger partial charge in [0.25, 0.3) is 0 Å². The van der Waals surface area contributed by atoms with E-state index in [1.54, 1.807) is 24.3 Å². The zero-order chi connectivity index (χ0) is 13.9. The van der Waals surface area contributed by atoms with Crippen LogP contribution in [-0.4, -0.2) is 10.2 Å². The highest BCUT2D eigenvalue weighted by atomic mass is 16.3. The number of H-pyrrole nitrogens is 2. The lowest BCUT2D eigenvalue weighted by Crippen LogP contribution is -2.00. The summed E-state index contributed by atoms with van der Waals surface area (Å²) in [6, 6.07) is 13.9. The normalized spacial score (nSPS) is 10.4. The third-order valence-corrected chi connectivity index (χ3v) is 3.09. The molecule has 3 aromatic rings. The summed E-state index contributed by atoms with van der Waals surface area (Å²) in [5, 5.41) is 11.8. The van der Waals surface area contributed by atoms with Gasteiger partial charge < -0.3 is 0 Å². The van der Waals surface area contributed by atoms with Crippen molar-refractivity contribution in [1.82, 2.24) is 10.2 Å². The minimum Gasteiger partial charge on any atom is -0.298 e. The van der Waals surface area contributed by atoms with Crippen LogP contribution in [0.4, 0.5) is 11.4 Å². The number of aromatic amines is 2. The maximum absolute atomic E-state index is 10.4. The van der Waals surface area contributed by atoms with Crippen LogP contribution >= 0.6 is 0 Å². The number of hydrogen-bond donors (Lipinski definition) is 2. The first kappa shape index (κ1) is 12.0. The van der Waals surface area contributed by atoms with Crippen LogP contribution < -0.4 is 0 Å². The molecule has 2 aromatic carbocycles. The van der Waals surface area contributed by atoms with E-state index in [0.29, 0.717) is 11.4 Å². The van der Waals surface area contributed by atoms with Crippen LogP contribution in [0, 0.1) is 9.81 Å². The molecule has 0 bridgehead atoms. The van der Waals surface area contributed by atoms with Gasteiger partial charge in [-0.05, 0) is 34.6 Å². The Morgan fingerprint density at radius 3 is 1.20 bits per heavy atom. The summed E-state index contributed by atoms with van der Waals surface area (Å²) < 4.78 is 0. The zero-order valence-electron chi connectivity index (χ0n) is 10.3. The molecule has 0 saturated heterocycles. The molecule has 0 aliphatic rings. The number of nitroso groups, excluding NO2 is 2. The van der Waals surface area contributed by atoms with E-state index in [4.69, 9.17) is 0 Å². The molecular formula is C14H10N4O2. The van der Waals surface area contributed by atoms with E-state index in [9.17, 15) is 9.81 Å². The van der Waals surface area contributed by atoms with Gasteiger partial charge in [0.1, 0.15) is 11.4 Å². The van der Waals surface area contributed by atoms with Crippen LogP contribution in [-0.2, 0) is 0 Å². The topological polar surface area (TPSA) is 90.4 Å². The second-order valence-corrected chi connectivity index (χ2v) is 4.28. The van der Waals surface area contributed by atoms with Crippen LogP contribution in [0.1, 0.15) is 0 Å². The van der Waals surface area contributed by atoms with Gasteiger partial charge in [-0.15, -0.1) is 9.81 Å². The molecule has 0 unspecified atom stereocenters. The zero-order valence-corrected chi connectivity index (χ0v) is 10.3. The first-order chi connectivity index (χ1) is 9.81. The maximum atomic E-state index is 10.4. The number of rotatable bonds is 4. The molecule has 98 valence electrons. The lowest BCUT2D eigenvalue weighted by Gasteiger charge is -2.14. The van der Waals surface area contributed by atoms with Gasteiger partial charge in [-0.25, -0.2) is 0 Å². The lowest BCUT2D eigenvalue weighted by molar-refractivity contribution is 0.985. The van der Waals surface area contributed by atoms with E-state index in [0.717, 1.165) is 22.5 Å². The van der Waals surface area contributed by atoms with Crippen molar-refractivity contribution < 1.29 is 0 Å². The van der Waals surface area contributed by atoms with Gasteiger partial charge in [-0.2, -0.15) is 0 Å². The molecule has 1 heterocycles. The van der Waals surface area contributed by atoms with Gasteiger partial charge >= 0.3 is 0 Å². The van der Waals surface area contributed by atoms with Crippen molar-refractivity contribution in [3.05, 3.63) is 58.3 Å². The molecule has 20 heavy (non-hydrogen) atoms. The molecular weight excluding hydrogens is 256 g/mol. The fourth-order valence-electron chi connectivity index (χ4n) is 2.00. The standard InChI is InChI=1S/C14H10N4O2/c19-17-11-5-1-9(2-6-11)13-14(16-15-13)10-3-7-12(18-20)8-4-10/h1-8,15-16H. The van der Waals surface area contributed by atoms with Crippen molar-refractivity contribution in [1.29, 1.82) is 0 Å². The fourth-order valence-corrected chi connectivity index (χ4v) is 2.00. The largest absolute Gasteiger partial charge is 0.298 e. The van der Waals surface area contributed by atoms with Crippen LogP contribution in [0.2, 0.25) is 0 Å². The molecule has 0 saturated carbocycles. The predicted octanol–water partition coefficient (Wildman–Crippen LogP) is 4.47. The third kappa shape index (κ3) is 2.03. The smallest absolute Gasteiger partial charge is 0.108 e. The van der Waals surface area contributed by atoms with Crippen LogP contribution in [0.15, 0.2) is 58.9 Å². The highest BCUT2D eigenvalue weighted by molar-refractivity contribution is 5.79. The highest BCUT2D eigenvalue weighted by Crippen LogP contribution is 2.32. The van der Waals surface area contributed by atoms with E-state index >= 15 is 0 Å². The van der Waals surface area contributed by atoms with Crippen molar-refractivity contribution >= 4 is 11.4 Å². The third-order valence-electron chi connectivity index (χ3n) is 3.09. The maximum Gasteiger partial charge on any atom is 0.108 e. The summed E-state index contributed by atoms with van der Waals surface area (Å²) >= 11 is 0. The van der Waals surface area contributed by atoms with Crippen LogP contribution in [0.25, 0.3) is 22.5 Å². The Hall–Kier alpha value is -3.02. The Labute approximate surface area is 113 Å². The van der Waals surface area contributed by atoms with Crippen LogP contribution in [0.3, 0.4) is 0 Å². The summed E-state index contributed by atoms with van der Waals surface area (Å²) in [5.41, 5.74) is 4.53. The van der Waals surface area contributed by atoms with Crippen molar-refractivity contribution in [2.45, 2.75) is 0 Å². The average molecular weight is 266 g/mol. The van der Waals surface area contributed by atoms with Crippen molar-refractivity contribution in [2.24, 2.45) is 10.4 Å². The molecule has 0 spiro atoms. The van der Waals surface area contributed by atoms with Gasteiger partial charge in [0.2, 0.25) is 0 Å². The molecule has 6 heteroatoms. The molecule has 0 atom stereocenters. The molecule has 6 nitrogen and oxygen atoms in total. The van der Waals surface area contributed by atoms with Gasteiger partial charge in [-0.3, -0.25) is 10.2 Å². The van der Waals surface area contributed by atoms with Gasteiger partial charge in [0, 0.05) is 11.1 Å². The number of nitrogens with zero attached hydrogens (tertiary/aromatic N) is 2. The number of aromatic nitrogens is 2. The van der Waals surface area contributed by atoms with Gasteiger partial charge in [0.05, 0.1) is 11.4 Å². The molecule has 0 radical (unpaired) electrons. The SMILES string of the molecule is O=Nc1ccc(-c2[nH][nH]c2-c2ccc(N=O)cc2)cc1. The Morgan fingerprint density at radius 2 is 0.950 bits per heavy atom. The second-order valence-electron chi connectivity index (χ2n) is 4.28. The average Bonchev–Trinajstić information content (AvgIpc) is 2.48. The molecule has 1 aromatic heterocycles. The van der Waals surface area contributed by atoms with E-state index in [-0.39, 0.29) is 0 Å². The lowest BCUT2D eigenvalue weighted by atomic mass is 10.0. The minimum atomic E-state index is 0.393. The summed E-state index contributed by atoms with van der Waals surface area (Å²) in [4.78, 5) is 20.8. The Morgan fingerprint density at radius 1 is 0.600 bits per heavy atom. The first-order valence-electron chi connectivity index (χ1n) is 5.96. The monoisotopic (exact) mass is 266 g/mol. The first-order valence-corrected chi connectivity index (χ1v) is 5.96. The second kappa shape index (κ2) is 4.93. The van der Waals surface area contributed by atoms with E-state index in [1.165, 1.54) is 0 Å². The molecule has 0 amide bonds. The Bertz CT molecular complexity index is 673. The summed E-state index contributed by atoms with van der Waals surface area (Å²) in [5.74, 6) is 0. The van der Waals surface area contributed by atoms with Gasteiger partial charge in [0.15, 0.2) is 0 Å². The highest BCUT2D eigenvalue weighted by Gasteiger charge is 2.12. The number of nitrogens with one attached hydrogen (secondary N) is 2. The predicted molar refractivity (Wildman–Crippen MR) is 76.9 cm³/mol. The van der Waals surface area contributed by atoms with Crippen molar-refractivity contribution in [2.75, 3.05) is 0 Å². The minimum absolute atomic E-state index is 0.393. The molecule has 3 rings (SSSR count). The van der Waals surface area contributed by atoms with Crippen molar-refractivity contribution in [3.8, 4) is 22.5 Å². The summed E-state index contributed by atoms with van der Waals surface area (Å²) in [7, 11) is 0. The summed E-state index contributed by atoms with van der Waals surface area (Å²) in [6.07, 6.45) is 0. The molecule has 2 N–H and O–H groups in total. The van der Waals surface area contributed by atoms with Crippen molar-refractivity contribution in [3.63, 3.8) is 0 Å². The molecule has 0 aliphatic heterocycles. The number of hydrogen-bond acceptors (Lipinski definition) is 4. The Kier molecular flexibility index (Phi) is 2.96. The van der Waals surface area contributed by atoms with Crippen LogP contribution in [0.5, 0.6) is 0 Å². The summed E-state index contributed by atoms with van der Waals surface area (Å²) in [6.45, 7) is 0.